The van der Waals surface area contributed by atoms with Gasteiger partial charge in [0.05, 0.1) is 5.75 Å². The van der Waals surface area contributed by atoms with E-state index in [1.807, 2.05) is 6.92 Å². The van der Waals surface area contributed by atoms with Crippen LogP contribution >= 0.6 is 11.6 Å². The SMILES string of the molecule is CCCS(=O)(=O)NCCc1nnc(-c2ccc(Cl)cc2)o1. The quantitative estimate of drug-likeness (QED) is 0.842. The topological polar surface area (TPSA) is 85.1 Å². The molecule has 0 saturated carbocycles. The molecule has 21 heavy (non-hydrogen) atoms. The van der Waals surface area contributed by atoms with Gasteiger partial charge in [0.15, 0.2) is 0 Å². The van der Waals surface area contributed by atoms with Gasteiger partial charge in [-0.25, -0.2) is 13.1 Å². The van der Waals surface area contributed by atoms with Crippen molar-refractivity contribution in [1.29, 1.82) is 0 Å². The second kappa shape index (κ2) is 7.02. The van der Waals surface area contributed by atoms with E-state index in [0.717, 1.165) is 5.56 Å². The van der Waals surface area contributed by atoms with Gasteiger partial charge in [-0.2, -0.15) is 0 Å². The molecule has 0 aliphatic heterocycles. The number of rotatable bonds is 7. The third kappa shape index (κ3) is 4.80. The lowest BCUT2D eigenvalue weighted by atomic mass is 10.2. The molecule has 0 amide bonds. The minimum atomic E-state index is -3.21. The van der Waals surface area contributed by atoms with E-state index in [9.17, 15) is 8.42 Å². The zero-order valence-electron chi connectivity index (χ0n) is 11.5. The average Bonchev–Trinajstić information content (AvgIpc) is 2.88. The van der Waals surface area contributed by atoms with Gasteiger partial charge in [0.1, 0.15) is 0 Å². The van der Waals surface area contributed by atoms with Crippen molar-refractivity contribution in [3.8, 4) is 11.5 Å². The molecule has 0 unspecified atom stereocenters. The lowest BCUT2D eigenvalue weighted by Gasteiger charge is -2.02. The maximum atomic E-state index is 11.5. The summed E-state index contributed by atoms with van der Waals surface area (Å²) in [5.74, 6) is 0.893. The molecule has 1 aromatic carbocycles. The average molecular weight is 330 g/mol. The highest BCUT2D eigenvalue weighted by Gasteiger charge is 2.11. The fourth-order valence-electron chi connectivity index (χ4n) is 1.72. The van der Waals surface area contributed by atoms with Crippen molar-refractivity contribution in [3.05, 3.63) is 35.2 Å². The van der Waals surface area contributed by atoms with E-state index in [1.54, 1.807) is 24.3 Å². The van der Waals surface area contributed by atoms with Crippen LogP contribution in [-0.2, 0) is 16.4 Å². The molecule has 0 fully saturated rings. The smallest absolute Gasteiger partial charge is 0.247 e. The van der Waals surface area contributed by atoms with Gasteiger partial charge >= 0.3 is 0 Å². The first kappa shape index (κ1) is 15.9. The van der Waals surface area contributed by atoms with Gasteiger partial charge in [-0.1, -0.05) is 18.5 Å². The first-order valence-corrected chi connectivity index (χ1v) is 8.59. The molecule has 0 aliphatic carbocycles. The summed E-state index contributed by atoms with van der Waals surface area (Å²) >= 11 is 5.81. The summed E-state index contributed by atoms with van der Waals surface area (Å²) in [6, 6.07) is 7.03. The van der Waals surface area contributed by atoms with E-state index in [1.165, 1.54) is 0 Å². The van der Waals surface area contributed by atoms with E-state index in [-0.39, 0.29) is 12.3 Å². The molecule has 1 heterocycles. The van der Waals surface area contributed by atoms with Gasteiger partial charge in [-0.3, -0.25) is 0 Å². The molecular weight excluding hydrogens is 314 g/mol. The van der Waals surface area contributed by atoms with Crippen molar-refractivity contribution < 1.29 is 12.8 Å². The van der Waals surface area contributed by atoms with Crippen LogP contribution in [0.15, 0.2) is 28.7 Å². The van der Waals surface area contributed by atoms with Crippen molar-refractivity contribution in [2.24, 2.45) is 0 Å². The van der Waals surface area contributed by atoms with Crippen LogP contribution in [-0.4, -0.2) is 30.9 Å². The molecule has 2 aromatic rings. The van der Waals surface area contributed by atoms with Crippen molar-refractivity contribution in [2.75, 3.05) is 12.3 Å². The Morgan fingerprint density at radius 2 is 1.95 bits per heavy atom. The van der Waals surface area contributed by atoms with E-state index in [4.69, 9.17) is 16.0 Å². The third-order valence-electron chi connectivity index (χ3n) is 2.69. The van der Waals surface area contributed by atoms with Gasteiger partial charge in [-0.05, 0) is 30.7 Å². The Bertz CT molecular complexity index is 683. The highest BCUT2D eigenvalue weighted by atomic mass is 35.5. The predicted molar refractivity (Wildman–Crippen MR) is 80.5 cm³/mol. The van der Waals surface area contributed by atoms with Crippen LogP contribution < -0.4 is 4.72 Å². The van der Waals surface area contributed by atoms with Crippen LogP contribution in [0.5, 0.6) is 0 Å². The fourth-order valence-corrected chi connectivity index (χ4v) is 2.94. The number of halogens is 1. The summed E-state index contributed by atoms with van der Waals surface area (Å²) in [7, 11) is -3.21. The summed E-state index contributed by atoms with van der Waals surface area (Å²) < 4.78 is 31.0. The highest BCUT2D eigenvalue weighted by Crippen LogP contribution is 2.20. The highest BCUT2D eigenvalue weighted by molar-refractivity contribution is 7.89. The fraction of sp³-hybridized carbons (Fsp3) is 0.385. The van der Waals surface area contributed by atoms with Crippen molar-refractivity contribution in [3.63, 3.8) is 0 Å². The molecule has 2 rings (SSSR count). The summed E-state index contributed by atoms with van der Waals surface area (Å²) in [6.07, 6.45) is 0.931. The van der Waals surface area contributed by atoms with Gasteiger partial charge in [0, 0.05) is 23.6 Å². The van der Waals surface area contributed by atoms with E-state index in [2.05, 4.69) is 14.9 Å². The molecule has 6 nitrogen and oxygen atoms in total. The molecule has 0 bridgehead atoms. The van der Waals surface area contributed by atoms with Crippen molar-refractivity contribution in [1.82, 2.24) is 14.9 Å². The lowest BCUT2D eigenvalue weighted by Crippen LogP contribution is -2.28. The van der Waals surface area contributed by atoms with E-state index in [0.29, 0.717) is 29.6 Å². The van der Waals surface area contributed by atoms with E-state index >= 15 is 0 Å². The molecule has 0 spiro atoms. The zero-order valence-corrected chi connectivity index (χ0v) is 13.1. The number of nitrogens with one attached hydrogen (secondary N) is 1. The Balaban J connectivity index is 1.93. The number of hydrogen-bond donors (Lipinski definition) is 1. The summed E-state index contributed by atoms with van der Waals surface area (Å²) in [6.45, 7) is 2.06. The monoisotopic (exact) mass is 329 g/mol. The Kier molecular flexibility index (Phi) is 5.33. The Labute approximate surface area is 128 Å². The van der Waals surface area contributed by atoms with Crippen LogP contribution in [0, 0.1) is 0 Å². The molecule has 114 valence electrons. The molecule has 1 N–H and O–H groups in total. The first-order valence-electron chi connectivity index (χ1n) is 6.56. The van der Waals surface area contributed by atoms with Crippen LogP contribution in [0.25, 0.3) is 11.5 Å². The first-order chi connectivity index (χ1) is 10.00. The number of benzene rings is 1. The van der Waals surface area contributed by atoms with Gasteiger partial charge in [0.2, 0.25) is 21.8 Å². The number of hydrogen-bond acceptors (Lipinski definition) is 5. The zero-order chi connectivity index (χ0) is 15.3. The van der Waals surface area contributed by atoms with Crippen LogP contribution in [0.1, 0.15) is 19.2 Å². The Morgan fingerprint density at radius 1 is 1.24 bits per heavy atom. The maximum absolute atomic E-state index is 11.5. The van der Waals surface area contributed by atoms with Gasteiger partial charge in [-0.15, -0.1) is 10.2 Å². The van der Waals surface area contributed by atoms with Crippen LogP contribution in [0.4, 0.5) is 0 Å². The number of nitrogens with zero attached hydrogens (tertiary/aromatic N) is 2. The predicted octanol–water partition coefficient (Wildman–Crippen LogP) is 2.26. The molecule has 8 heteroatoms. The normalized spacial score (nSPS) is 11.7. The van der Waals surface area contributed by atoms with E-state index < -0.39 is 10.0 Å². The summed E-state index contributed by atoms with van der Waals surface area (Å²) in [4.78, 5) is 0. The van der Waals surface area contributed by atoms with Crippen molar-refractivity contribution >= 4 is 21.6 Å². The second-order valence-corrected chi connectivity index (χ2v) is 6.83. The standard InChI is InChI=1S/C13H16ClN3O3S/c1-2-9-21(18,19)15-8-7-12-16-17-13(20-12)10-3-5-11(14)6-4-10/h3-6,15H,2,7-9H2,1H3. The summed E-state index contributed by atoms with van der Waals surface area (Å²) in [5.41, 5.74) is 0.768. The molecule has 0 atom stereocenters. The minimum absolute atomic E-state index is 0.118. The molecule has 0 radical (unpaired) electrons. The number of aromatic nitrogens is 2. The Hall–Kier alpha value is -1.44. The molecule has 0 aliphatic rings. The maximum Gasteiger partial charge on any atom is 0.247 e. The largest absolute Gasteiger partial charge is 0.421 e. The molecule has 0 saturated heterocycles. The van der Waals surface area contributed by atoms with Crippen molar-refractivity contribution in [2.45, 2.75) is 19.8 Å². The van der Waals surface area contributed by atoms with Gasteiger partial charge in [0.25, 0.3) is 0 Å². The second-order valence-electron chi connectivity index (χ2n) is 4.47. The van der Waals surface area contributed by atoms with Crippen LogP contribution in [0.3, 0.4) is 0 Å². The minimum Gasteiger partial charge on any atom is -0.421 e. The number of sulfonamides is 1. The Morgan fingerprint density at radius 3 is 2.62 bits per heavy atom. The summed E-state index contributed by atoms with van der Waals surface area (Å²) in [5, 5.41) is 8.46. The molecular formula is C13H16ClN3O3S. The molecule has 1 aromatic heterocycles. The van der Waals surface area contributed by atoms with Gasteiger partial charge < -0.3 is 4.42 Å². The third-order valence-corrected chi connectivity index (χ3v) is 4.53. The van der Waals surface area contributed by atoms with Crippen LogP contribution in [0.2, 0.25) is 5.02 Å². The lowest BCUT2D eigenvalue weighted by molar-refractivity contribution is 0.502.